The van der Waals surface area contributed by atoms with Crippen LogP contribution in [-0.2, 0) is 27.4 Å². The fraction of sp³-hybridized carbons (Fsp3) is 0.300. The van der Waals surface area contributed by atoms with E-state index in [1.54, 1.807) is 13.8 Å². The Labute approximate surface area is 142 Å². The molecule has 2 aromatic carbocycles. The van der Waals surface area contributed by atoms with Gasteiger partial charge in [-0.1, -0.05) is 42.5 Å². The third-order valence-electron chi connectivity index (χ3n) is 3.74. The minimum absolute atomic E-state index is 0.258. The van der Waals surface area contributed by atoms with Crippen LogP contribution < -0.4 is 4.74 Å². The Balaban J connectivity index is 1.98. The molecular formula is C20H22O4. The molecule has 0 fully saturated rings. The number of aldehydes is 1. The van der Waals surface area contributed by atoms with E-state index in [9.17, 15) is 9.59 Å². The maximum atomic E-state index is 11.9. The number of carbonyl (C=O) groups excluding carboxylic acids is 2. The van der Waals surface area contributed by atoms with Crippen LogP contribution in [0.25, 0.3) is 0 Å². The molecule has 4 heteroatoms. The summed E-state index contributed by atoms with van der Waals surface area (Å²) >= 11 is 0. The van der Waals surface area contributed by atoms with Crippen LogP contribution in [0.1, 0.15) is 25.0 Å². The van der Waals surface area contributed by atoms with Crippen LogP contribution >= 0.6 is 0 Å². The third kappa shape index (κ3) is 4.69. The van der Waals surface area contributed by atoms with Gasteiger partial charge in [0.05, 0.1) is 6.61 Å². The molecule has 1 unspecified atom stereocenters. The predicted octanol–water partition coefficient (Wildman–Crippen LogP) is 3.58. The van der Waals surface area contributed by atoms with Crippen LogP contribution in [0.3, 0.4) is 0 Å². The van der Waals surface area contributed by atoms with Gasteiger partial charge < -0.3 is 14.3 Å². The van der Waals surface area contributed by atoms with Gasteiger partial charge in [-0.25, -0.2) is 0 Å². The molecule has 0 N–H and O–H groups in total. The Hall–Kier alpha value is -2.62. The van der Waals surface area contributed by atoms with E-state index < -0.39 is 11.4 Å². The summed E-state index contributed by atoms with van der Waals surface area (Å²) in [5.74, 6) is 0.246. The summed E-state index contributed by atoms with van der Waals surface area (Å²) < 4.78 is 10.7. The molecule has 0 bridgehead atoms. The number of ether oxygens (including phenoxy) is 2. The van der Waals surface area contributed by atoms with Crippen LogP contribution in [0.15, 0.2) is 54.6 Å². The summed E-state index contributed by atoms with van der Waals surface area (Å²) in [6.07, 6.45) is 0.957. The van der Waals surface area contributed by atoms with Gasteiger partial charge in [0, 0.05) is 0 Å². The summed E-state index contributed by atoms with van der Waals surface area (Å²) in [6, 6.07) is 17.3. The van der Waals surface area contributed by atoms with Crippen molar-refractivity contribution in [2.45, 2.75) is 26.9 Å². The normalized spacial score (nSPS) is 12.9. The minimum Gasteiger partial charge on any atom is -0.489 e. The molecule has 0 radical (unpaired) electrons. The fourth-order valence-corrected chi connectivity index (χ4v) is 2.33. The Morgan fingerprint density at radius 3 is 2.29 bits per heavy atom. The van der Waals surface area contributed by atoms with Crippen molar-refractivity contribution in [1.82, 2.24) is 0 Å². The van der Waals surface area contributed by atoms with E-state index in [1.165, 1.54) is 0 Å². The quantitative estimate of drug-likeness (QED) is 0.423. The second kappa shape index (κ2) is 8.29. The Kier molecular flexibility index (Phi) is 6.13. The SMILES string of the molecule is CCOC(=O)C(C)(C=O)Cc1ccc(OCc2ccccc2)cc1. The first-order valence-corrected chi connectivity index (χ1v) is 7.96. The minimum atomic E-state index is -1.16. The molecule has 0 aromatic heterocycles. The van der Waals surface area contributed by atoms with E-state index in [0.717, 1.165) is 16.9 Å². The number of benzene rings is 2. The number of hydrogen-bond acceptors (Lipinski definition) is 4. The van der Waals surface area contributed by atoms with Crippen molar-refractivity contribution in [2.24, 2.45) is 5.41 Å². The highest BCUT2D eigenvalue weighted by atomic mass is 16.5. The predicted molar refractivity (Wildman–Crippen MR) is 91.7 cm³/mol. The highest BCUT2D eigenvalue weighted by molar-refractivity contribution is 5.93. The van der Waals surface area contributed by atoms with Crippen molar-refractivity contribution in [1.29, 1.82) is 0 Å². The molecule has 126 valence electrons. The first-order valence-electron chi connectivity index (χ1n) is 7.96. The zero-order valence-corrected chi connectivity index (χ0v) is 14.0. The molecule has 2 rings (SSSR count). The van der Waals surface area contributed by atoms with Gasteiger partial charge in [0.15, 0.2) is 0 Å². The largest absolute Gasteiger partial charge is 0.489 e. The number of rotatable bonds is 8. The first kappa shape index (κ1) is 17.7. The molecule has 0 saturated carbocycles. The molecule has 0 saturated heterocycles. The summed E-state index contributed by atoms with van der Waals surface area (Å²) in [5, 5.41) is 0. The van der Waals surface area contributed by atoms with E-state index in [2.05, 4.69) is 0 Å². The molecular weight excluding hydrogens is 304 g/mol. The van der Waals surface area contributed by atoms with Crippen molar-refractivity contribution < 1.29 is 19.1 Å². The maximum absolute atomic E-state index is 11.9. The molecule has 0 aliphatic rings. The van der Waals surface area contributed by atoms with Gasteiger partial charge >= 0.3 is 5.97 Å². The van der Waals surface area contributed by atoms with E-state index >= 15 is 0 Å². The molecule has 0 heterocycles. The first-order chi connectivity index (χ1) is 11.6. The highest BCUT2D eigenvalue weighted by Crippen LogP contribution is 2.24. The second-order valence-corrected chi connectivity index (χ2v) is 5.85. The zero-order valence-electron chi connectivity index (χ0n) is 14.0. The van der Waals surface area contributed by atoms with Crippen molar-refractivity contribution in [2.75, 3.05) is 6.61 Å². The van der Waals surface area contributed by atoms with E-state index in [-0.39, 0.29) is 6.61 Å². The summed E-state index contributed by atoms with van der Waals surface area (Å²) in [4.78, 5) is 23.3. The molecule has 1 atom stereocenters. The van der Waals surface area contributed by atoms with Gasteiger partial charge in [0.1, 0.15) is 24.1 Å². The van der Waals surface area contributed by atoms with Crippen molar-refractivity contribution in [3.8, 4) is 5.75 Å². The number of carbonyl (C=O) groups is 2. The van der Waals surface area contributed by atoms with Gasteiger partial charge in [-0.15, -0.1) is 0 Å². The van der Waals surface area contributed by atoms with E-state index in [1.807, 2.05) is 54.6 Å². The lowest BCUT2D eigenvalue weighted by atomic mass is 9.85. The van der Waals surface area contributed by atoms with Crippen LogP contribution in [0, 0.1) is 5.41 Å². The topological polar surface area (TPSA) is 52.6 Å². The summed E-state index contributed by atoms with van der Waals surface area (Å²) in [6.45, 7) is 4.07. The smallest absolute Gasteiger partial charge is 0.319 e. The van der Waals surface area contributed by atoms with Crippen molar-refractivity contribution >= 4 is 12.3 Å². The van der Waals surface area contributed by atoms with Crippen molar-refractivity contribution in [3.05, 3.63) is 65.7 Å². The Morgan fingerprint density at radius 2 is 1.71 bits per heavy atom. The molecule has 0 aliphatic heterocycles. The summed E-state index contributed by atoms with van der Waals surface area (Å²) in [5.41, 5.74) is 0.810. The molecule has 0 spiro atoms. The standard InChI is InChI=1S/C20H22O4/c1-3-23-19(22)20(2,15-21)13-16-9-11-18(12-10-16)24-14-17-7-5-4-6-8-17/h4-12,15H,3,13-14H2,1-2H3. The van der Waals surface area contributed by atoms with Gasteiger partial charge in [0.2, 0.25) is 0 Å². The molecule has 0 amide bonds. The van der Waals surface area contributed by atoms with E-state index in [0.29, 0.717) is 19.3 Å². The lowest BCUT2D eigenvalue weighted by molar-refractivity contribution is -0.155. The highest BCUT2D eigenvalue weighted by Gasteiger charge is 2.34. The average molecular weight is 326 g/mol. The molecule has 2 aromatic rings. The second-order valence-electron chi connectivity index (χ2n) is 5.85. The van der Waals surface area contributed by atoms with Crippen molar-refractivity contribution in [3.63, 3.8) is 0 Å². The van der Waals surface area contributed by atoms with Crippen LogP contribution in [0.5, 0.6) is 5.75 Å². The van der Waals surface area contributed by atoms with Crippen LogP contribution in [-0.4, -0.2) is 18.9 Å². The van der Waals surface area contributed by atoms with Crippen LogP contribution in [0.4, 0.5) is 0 Å². The fourth-order valence-electron chi connectivity index (χ4n) is 2.33. The summed E-state index contributed by atoms with van der Waals surface area (Å²) in [7, 11) is 0. The van der Waals surface area contributed by atoms with Gasteiger partial charge in [-0.3, -0.25) is 4.79 Å². The van der Waals surface area contributed by atoms with Gasteiger partial charge in [-0.2, -0.15) is 0 Å². The lowest BCUT2D eigenvalue weighted by Crippen LogP contribution is -2.33. The van der Waals surface area contributed by atoms with Gasteiger partial charge in [-0.05, 0) is 43.5 Å². The Morgan fingerprint density at radius 1 is 1.04 bits per heavy atom. The molecule has 24 heavy (non-hydrogen) atoms. The van der Waals surface area contributed by atoms with E-state index in [4.69, 9.17) is 9.47 Å². The number of esters is 1. The monoisotopic (exact) mass is 326 g/mol. The average Bonchev–Trinajstić information content (AvgIpc) is 2.62. The maximum Gasteiger partial charge on any atom is 0.319 e. The molecule has 4 nitrogen and oxygen atoms in total. The zero-order chi connectivity index (χ0) is 17.4. The van der Waals surface area contributed by atoms with Crippen LogP contribution in [0.2, 0.25) is 0 Å². The Bertz CT molecular complexity index is 664. The molecule has 0 aliphatic carbocycles. The lowest BCUT2D eigenvalue weighted by Gasteiger charge is -2.20. The van der Waals surface area contributed by atoms with Gasteiger partial charge in [0.25, 0.3) is 0 Å². The number of hydrogen-bond donors (Lipinski definition) is 0. The third-order valence-corrected chi connectivity index (χ3v) is 3.74.